The zero-order valence-electron chi connectivity index (χ0n) is 18.3. The van der Waals surface area contributed by atoms with E-state index < -0.39 is 5.41 Å². The second-order valence-corrected chi connectivity index (χ2v) is 9.88. The molecule has 2 aromatic rings. The lowest BCUT2D eigenvalue weighted by atomic mass is 9.96. The van der Waals surface area contributed by atoms with E-state index in [9.17, 15) is 9.59 Å². The molecule has 1 aromatic carbocycles. The van der Waals surface area contributed by atoms with Gasteiger partial charge in [0.05, 0.1) is 9.88 Å². The number of rotatable bonds is 3. The van der Waals surface area contributed by atoms with Gasteiger partial charge < -0.3 is 15.1 Å². The molecule has 1 aliphatic rings. The number of nitrogens with zero attached hydrogens (tertiary/aromatic N) is 2. The highest BCUT2D eigenvalue weighted by Crippen LogP contribution is 2.30. The molecule has 5 nitrogen and oxygen atoms in total. The third kappa shape index (κ3) is 4.64. The third-order valence-corrected chi connectivity index (χ3v) is 6.65. The Kier molecular flexibility index (Phi) is 6.03. The second kappa shape index (κ2) is 8.19. The molecule has 1 aromatic heterocycles. The monoisotopic (exact) mass is 413 g/mol. The minimum atomic E-state index is -0.466. The minimum absolute atomic E-state index is 0.0418. The van der Waals surface area contributed by atoms with Crippen molar-refractivity contribution in [2.75, 3.05) is 36.4 Å². The fraction of sp³-hybridized carbons (Fsp3) is 0.478. The zero-order valence-corrected chi connectivity index (χ0v) is 19.1. The molecule has 3 rings (SSSR count). The summed E-state index contributed by atoms with van der Waals surface area (Å²) in [5, 5.41) is 3.68. The average Bonchev–Trinajstić information content (AvgIpc) is 3.03. The van der Waals surface area contributed by atoms with Crippen LogP contribution in [0.1, 0.15) is 47.1 Å². The maximum atomic E-state index is 13.1. The van der Waals surface area contributed by atoms with Gasteiger partial charge in [0.15, 0.2) is 0 Å². The number of carbonyl (C=O) groups excluding carboxylic acids is 2. The van der Waals surface area contributed by atoms with Crippen LogP contribution in [-0.4, -0.2) is 42.9 Å². The first-order chi connectivity index (χ1) is 13.6. The summed E-state index contributed by atoms with van der Waals surface area (Å²) < 4.78 is 0. The standard InChI is InChI=1S/C23H31N3O2S/c1-15-8-7-9-18(17(15)3)25-10-12-26(13-11-25)21(27)20-16(2)14-19(29-20)24-22(28)23(4,5)6/h7-9,14H,10-13H2,1-6H3,(H,24,28). The van der Waals surface area contributed by atoms with E-state index in [0.29, 0.717) is 13.1 Å². The first kappa shape index (κ1) is 21.4. The van der Waals surface area contributed by atoms with Gasteiger partial charge in [-0.3, -0.25) is 9.59 Å². The molecule has 1 saturated heterocycles. The lowest BCUT2D eigenvalue weighted by Crippen LogP contribution is -2.49. The van der Waals surface area contributed by atoms with Crippen molar-refractivity contribution in [3.8, 4) is 0 Å². The molecular weight excluding hydrogens is 382 g/mol. The Morgan fingerprint density at radius 3 is 2.28 bits per heavy atom. The van der Waals surface area contributed by atoms with Gasteiger partial charge in [-0.2, -0.15) is 0 Å². The Bertz CT molecular complexity index is 919. The zero-order chi connectivity index (χ0) is 21.3. The van der Waals surface area contributed by atoms with E-state index in [-0.39, 0.29) is 11.8 Å². The summed E-state index contributed by atoms with van der Waals surface area (Å²) in [5.41, 5.74) is 4.31. The highest BCUT2D eigenvalue weighted by Gasteiger charge is 2.27. The molecule has 0 atom stereocenters. The van der Waals surface area contributed by atoms with Crippen molar-refractivity contribution in [1.29, 1.82) is 0 Å². The smallest absolute Gasteiger partial charge is 0.264 e. The average molecular weight is 414 g/mol. The van der Waals surface area contributed by atoms with E-state index in [1.54, 1.807) is 0 Å². The summed E-state index contributed by atoms with van der Waals surface area (Å²) >= 11 is 1.37. The lowest BCUT2D eigenvalue weighted by molar-refractivity contribution is -0.123. The third-order valence-electron chi connectivity index (χ3n) is 5.51. The molecule has 2 amide bonds. The molecule has 0 spiro atoms. The van der Waals surface area contributed by atoms with Crippen LogP contribution in [0.25, 0.3) is 0 Å². The van der Waals surface area contributed by atoms with E-state index in [2.05, 4.69) is 42.3 Å². The molecule has 1 N–H and O–H groups in total. The summed E-state index contributed by atoms with van der Waals surface area (Å²) in [4.78, 5) is 30.3. The van der Waals surface area contributed by atoms with Crippen molar-refractivity contribution >= 4 is 33.8 Å². The summed E-state index contributed by atoms with van der Waals surface area (Å²) in [6.07, 6.45) is 0. The van der Waals surface area contributed by atoms with E-state index in [4.69, 9.17) is 0 Å². The van der Waals surface area contributed by atoms with Crippen molar-refractivity contribution < 1.29 is 9.59 Å². The maximum Gasteiger partial charge on any atom is 0.264 e. The minimum Gasteiger partial charge on any atom is -0.368 e. The highest BCUT2D eigenvalue weighted by molar-refractivity contribution is 7.18. The number of benzene rings is 1. The van der Waals surface area contributed by atoms with E-state index in [1.807, 2.05) is 38.7 Å². The van der Waals surface area contributed by atoms with Gasteiger partial charge >= 0.3 is 0 Å². The Labute approximate surface area is 177 Å². The molecule has 156 valence electrons. The number of carbonyl (C=O) groups is 2. The number of nitrogens with one attached hydrogen (secondary N) is 1. The van der Waals surface area contributed by atoms with Crippen LogP contribution in [0.5, 0.6) is 0 Å². The van der Waals surface area contributed by atoms with Crippen LogP contribution in [-0.2, 0) is 4.79 Å². The Hall–Kier alpha value is -2.34. The summed E-state index contributed by atoms with van der Waals surface area (Å²) in [6.45, 7) is 14.9. The van der Waals surface area contributed by atoms with Crippen LogP contribution in [0.3, 0.4) is 0 Å². The maximum absolute atomic E-state index is 13.1. The van der Waals surface area contributed by atoms with Crippen LogP contribution in [0, 0.1) is 26.2 Å². The number of thiophene rings is 1. The highest BCUT2D eigenvalue weighted by atomic mass is 32.1. The van der Waals surface area contributed by atoms with Crippen LogP contribution < -0.4 is 10.2 Å². The summed E-state index contributed by atoms with van der Waals surface area (Å²) in [5.74, 6) is 0.0178. The molecule has 0 radical (unpaired) electrons. The molecule has 2 heterocycles. The molecule has 0 saturated carbocycles. The molecule has 0 aliphatic carbocycles. The molecule has 0 bridgehead atoms. The second-order valence-electron chi connectivity index (χ2n) is 8.83. The van der Waals surface area contributed by atoms with Gasteiger partial charge in [0.1, 0.15) is 0 Å². The first-order valence-corrected chi connectivity index (χ1v) is 10.9. The fourth-order valence-electron chi connectivity index (χ4n) is 3.43. The predicted octanol–water partition coefficient (Wildman–Crippen LogP) is 4.62. The van der Waals surface area contributed by atoms with Crippen molar-refractivity contribution in [2.24, 2.45) is 5.41 Å². The SMILES string of the molecule is Cc1cc(NC(=O)C(C)(C)C)sc1C(=O)N1CCN(c2cccc(C)c2C)CC1. The topological polar surface area (TPSA) is 52.7 Å². The van der Waals surface area contributed by atoms with Gasteiger partial charge in [-0.1, -0.05) is 32.9 Å². The number of piperazine rings is 1. The summed E-state index contributed by atoms with van der Waals surface area (Å²) in [6, 6.07) is 8.28. The number of anilines is 2. The Morgan fingerprint density at radius 2 is 1.66 bits per heavy atom. The Balaban J connectivity index is 1.67. The van der Waals surface area contributed by atoms with E-state index >= 15 is 0 Å². The van der Waals surface area contributed by atoms with Gasteiger partial charge in [-0.15, -0.1) is 11.3 Å². The Morgan fingerprint density at radius 1 is 1.00 bits per heavy atom. The van der Waals surface area contributed by atoms with Crippen LogP contribution in [0.4, 0.5) is 10.7 Å². The largest absolute Gasteiger partial charge is 0.368 e. The van der Waals surface area contributed by atoms with Gasteiger partial charge in [0.25, 0.3) is 5.91 Å². The molecular formula is C23H31N3O2S. The van der Waals surface area contributed by atoms with Crippen molar-refractivity contribution in [2.45, 2.75) is 41.5 Å². The van der Waals surface area contributed by atoms with Crippen molar-refractivity contribution in [3.63, 3.8) is 0 Å². The van der Waals surface area contributed by atoms with Gasteiger partial charge in [-0.05, 0) is 49.6 Å². The lowest BCUT2D eigenvalue weighted by Gasteiger charge is -2.37. The summed E-state index contributed by atoms with van der Waals surface area (Å²) in [7, 11) is 0. The van der Waals surface area contributed by atoms with E-state index in [0.717, 1.165) is 28.5 Å². The number of aryl methyl sites for hydroxylation is 2. The van der Waals surface area contributed by atoms with Crippen molar-refractivity contribution in [3.05, 3.63) is 45.8 Å². The number of amides is 2. The number of hydrogen-bond donors (Lipinski definition) is 1. The molecule has 0 unspecified atom stereocenters. The van der Waals surface area contributed by atoms with Crippen LogP contribution in [0.15, 0.2) is 24.3 Å². The fourth-order valence-corrected chi connectivity index (χ4v) is 4.46. The molecule has 1 fully saturated rings. The van der Waals surface area contributed by atoms with Crippen molar-refractivity contribution in [1.82, 2.24) is 4.90 Å². The first-order valence-electron chi connectivity index (χ1n) is 10.1. The van der Waals surface area contributed by atoms with Gasteiger partial charge in [0.2, 0.25) is 5.91 Å². The van der Waals surface area contributed by atoms with Crippen LogP contribution in [0.2, 0.25) is 0 Å². The van der Waals surface area contributed by atoms with Gasteiger partial charge in [-0.25, -0.2) is 0 Å². The quantitative estimate of drug-likeness (QED) is 0.799. The molecule has 29 heavy (non-hydrogen) atoms. The van der Waals surface area contributed by atoms with Crippen LogP contribution >= 0.6 is 11.3 Å². The predicted molar refractivity (Wildman–Crippen MR) is 121 cm³/mol. The van der Waals surface area contributed by atoms with E-state index in [1.165, 1.54) is 28.2 Å². The van der Waals surface area contributed by atoms with Gasteiger partial charge in [0, 0.05) is 37.3 Å². The molecule has 1 aliphatic heterocycles. The normalized spacial score (nSPS) is 14.8. The number of hydrogen-bond acceptors (Lipinski definition) is 4. The molecule has 6 heteroatoms.